The first-order valence-corrected chi connectivity index (χ1v) is 12.4. The van der Waals surface area contributed by atoms with E-state index in [1.54, 1.807) is 24.3 Å². The number of piperazine rings is 1. The molecule has 2 aliphatic rings. The van der Waals surface area contributed by atoms with Gasteiger partial charge in [-0.2, -0.15) is 4.31 Å². The Labute approximate surface area is 188 Å². The van der Waals surface area contributed by atoms with E-state index in [0.29, 0.717) is 25.3 Å². The number of halogens is 1. The Kier molecular flexibility index (Phi) is 6.81. The summed E-state index contributed by atoms with van der Waals surface area (Å²) in [7, 11) is -3.44. The largest absolute Gasteiger partial charge is 0.369 e. The number of benzene rings is 2. The summed E-state index contributed by atoms with van der Waals surface area (Å²) >= 11 is 6.08. The van der Waals surface area contributed by atoms with Gasteiger partial charge < -0.3 is 10.2 Å². The number of anilines is 2. The lowest BCUT2D eigenvalue weighted by molar-refractivity contribution is -0.117. The Morgan fingerprint density at radius 3 is 2.26 bits per heavy atom. The first-order valence-electron chi connectivity index (χ1n) is 10.5. The minimum atomic E-state index is -3.44. The molecule has 0 unspecified atom stereocenters. The van der Waals surface area contributed by atoms with Gasteiger partial charge in [-0.05, 0) is 55.3 Å². The zero-order valence-corrected chi connectivity index (χ0v) is 18.9. The Bertz CT molecular complexity index is 1020. The highest BCUT2D eigenvalue weighted by Gasteiger charge is 2.27. The Morgan fingerprint density at radius 1 is 0.935 bits per heavy atom. The van der Waals surface area contributed by atoms with Crippen molar-refractivity contribution in [1.29, 1.82) is 0 Å². The molecular formula is C22H27ClN4O3S. The summed E-state index contributed by atoms with van der Waals surface area (Å²) in [6, 6.07) is 14.2. The van der Waals surface area contributed by atoms with Crippen molar-refractivity contribution in [2.45, 2.75) is 17.7 Å². The molecule has 2 aromatic rings. The van der Waals surface area contributed by atoms with E-state index in [2.05, 4.69) is 15.1 Å². The number of carbonyl (C=O) groups excluding carboxylic acids is 1. The first kappa shape index (κ1) is 22.1. The van der Waals surface area contributed by atoms with Crippen LogP contribution in [0.5, 0.6) is 0 Å². The molecule has 0 aromatic heterocycles. The Hall–Kier alpha value is -2.13. The molecule has 0 radical (unpaired) electrons. The third-order valence-corrected chi connectivity index (χ3v) is 7.90. The maximum Gasteiger partial charge on any atom is 0.243 e. The van der Waals surface area contributed by atoms with Crippen LogP contribution in [-0.2, 0) is 14.8 Å². The van der Waals surface area contributed by atoms with Crippen molar-refractivity contribution in [3.05, 3.63) is 53.6 Å². The van der Waals surface area contributed by atoms with Gasteiger partial charge in [-0.25, -0.2) is 8.42 Å². The van der Waals surface area contributed by atoms with Gasteiger partial charge in [0.2, 0.25) is 15.9 Å². The highest BCUT2D eigenvalue weighted by Crippen LogP contribution is 2.23. The maximum atomic E-state index is 12.6. The van der Waals surface area contributed by atoms with Gasteiger partial charge in [-0.3, -0.25) is 9.69 Å². The lowest BCUT2D eigenvalue weighted by Gasteiger charge is -2.35. The van der Waals surface area contributed by atoms with E-state index in [4.69, 9.17) is 11.6 Å². The van der Waals surface area contributed by atoms with Gasteiger partial charge in [-0.1, -0.05) is 17.7 Å². The van der Waals surface area contributed by atoms with Crippen molar-refractivity contribution in [2.75, 3.05) is 56.0 Å². The van der Waals surface area contributed by atoms with Crippen LogP contribution in [0.4, 0.5) is 11.4 Å². The van der Waals surface area contributed by atoms with Crippen LogP contribution in [0.1, 0.15) is 12.8 Å². The van der Waals surface area contributed by atoms with Crippen LogP contribution in [0.3, 0.4) is 0 Å². The van der Waals surface area contributed by atoms with Gasteiger partial charge in [0.1, 0.15) is 0 Å². The topological polar surface area (TPSA) is 73.0 Å². The van der Waals surface area contributed by atoms with Crippen LogP contribution < -0.4 is 10.2 Å². The average molecular weight is 463 g/mol. The van der Waals surface area contributed by atoms with Crippen molar-refractivity contribution in [3.63, 3.8) is 0 Å². The molecule has 0 atom stereocenters. The second kappa shape index (κ2) is 9.56. The van der Waals surface area contributed by atoms with Crippen molar-refractivity contribution < 1.29 is 13.2 Å². The van der Waals surface area contributed by atoms with Crippen molar-refractivity contribution in [2.24, 2.45) is 0 Å². The summed E-state index contributed by atoms with van der Waals surface area (Å²) in [5.74, 6) is -0.105. The lowest BCUT2D eigenvalue weighted by Crippen LogP contribution is -2.48. The number of carbonyl (C=O) groups is 1. The lowest BCUT2D eigenvalue weighted by atomic mass is 10.2. The molecule has 0 bridgehead atoms. The Morgan fingerprint density at radius 2 is 1.61 bits per heavy atom. The second-order valence-corrected chi connectivity index (χ2v) is 10.3. The standard InChI is InChI=1S/C22H27ClN4O3S/c23-18-4-3-5-20(16-18)26-14-12-25(13-15-26)17-22(28)24-19-6-8-21(9-7-19)31(29,30)27-10-1-2-11-27/h3-9,16H,1-2,10-15,17H2,(H,24,28). The molecule has 0 spiro atoms. The molecular weight excluding hydrogens is 436 g/mol. The number of rotatable bonds is 6. The van der Waals surface area contributed by atoms with Gasteiger partial charge in [-0.15, -0.1) is 0 Å². The predicted octanol–water partition coefficient (Wildman–Crippen LogP) is 2.89. The zero-order chi connectivity index (χ0) is 21.8. The molecule has 0 saturated carbocycles. The van der Waals surface area contributed by atoms with Crippen LogP contribution >= 0.6 is 11.6 Å². The molecule has 2 fully saturated rings. The monoisotopic (exact) mass is 462 g/mol. The van der Waals surface area contributed by atoms with E-state index in [-0.39, 0.29) is 10.8 Å². The smallest absolute Gasteiger partial charge is 0.243 e. The zero-order valence-electron chi connectivity index (χ0n) is 17.3. The summed E-state index contributed by atoms with van der Waals surface area (Å²) in [6.07, 6.45) is 1.81. The molecule has 4 rings (SSSR count). The van der Waals surface area contributed by atoms with E-state index < -0.39 is 10.0 Å². The molecule has 2 heterocycles. The molecule has 166 valence electrons. The van der Waals surface area contributed by atoms with Gasteiger partial charge in [0, 0.05) is 55.7 Å². The van der Waals surface area contributed by atoms with Gasteiger partial charge in [0.05, 0.1) is 11.4 Å². The molecule has 0 aliphatic carbocycles. The molecule has 2 aromatic carbocycles. The highest BCUT2D eigenvalue weighted by atomic mass is 35.5. The van der Waals surface area contributed by atoms with Crippen molar-refractivity contribution in [1.82, 2.24) is 9.21 Å². The molecule has 7 nitrogen and oxygen atoms in total. The predicted molar refractivity (Wildman–Crippen MR) is 123 cm³/mol. The van der Waals surface area contributed by atoms with Crippen molar-refractivity contribution >= 4 is 38.9 Å². The van der Waals surface area contributed by atoms with Crippen LogP contribution in [0.15, 0.2) is 53.4 Å². The third kappa shape index (κ3) is 5.38. The summed E-state index contributed by atoms with van der Waals surface area (Å²) in [6.45, 7) is 4.68. The molecule has 2 aliphatic heterocycles. The average Bonchev–Trinajstić information content (AvgIpc) is 3.30. The summed E-state index contributed by atoms with van der Waals surface area (Å²) < 4.78 is 26.7. The highest BCUT2D eigenvalue weighted by molar-refractivity contribution is 7.89. The van der Waals surface area contributed by atoms with Crippen LogP contribution in [0, 0.1) is 0 Å². The molecule has 1 amide bonds. The fourth-order valence-electron chi connectivity index (χ4n) is 4.03. The summed E-state index contributed by atoms with van der Waals surface area (Å²) in [5.41, 5.74) is 1.70. The third-order valence-electron chi connectivity index (χ3n) is 5.75. The summed E-state index contributed by atoms with van der Waals surface area (Å²) in [4.78, 5) is 17.1. The fraction of sp³-hybridized carbons (Fsp3) is 0.409. The van der Waals surface area contributed by atoms with Crippen LogP contribution in [0.2, 0.25) is 5.02 Å². The molecule has 31 heavy (non-hydrogen) atoms. The second-order valence-electron chi connectivity index (χ2n) is 7.93. The van der Waals surface area contributed by atoms with Crippen molar-refractivity contribution in [3.8, 4) is 0 Å². The number of nitrogens with one attached hydrogen (secondary N) is 1. The number of nitrogens with zero attached hydrogens (tertiary/aromatic N) is 3. The first-order chi connectivity index (χ1) is 14.9. The maximum absolute atomic E-state index is 12.6. The number of hydrogen-bond donors (Lipinski definition) is 1. The Balaban J connectivity index is 1.27. The van der Waals surface area contributed by atoms with Crippen LogP contribution in [0.25, 0.3) is 0 Å². The molecule has 9 heteroatoms. The fourth-order valence-corrected chi connectivity index (χ4v) is 5.73. The normalized spacial score (nSPS) is 18.3. The number of sulfonamides is 1. The van der Waals surface area contributed by atoms with E-state index in [9.17, 15) is 13.2 Å². The van der Waals surface area contributed by atoms with Gasteiger partial charge >= 0.3 is 0 Å². The number of hydrogen-bond acceptors (Lipinski definition) is 5. The number of amides is 1. The molecule has 1 N–H and O–H groups in total. The van der Waals surface area contributed by atoms with Gasteiger partial charge in [0.25, 0.3) is 0 Å². The minimum Gasteiger partial charge on any atom is -0.369 e. The van der Waals surface area contributed by atoms with Crippen LogP contribution in [-0.4, -0.2) is 69.3 Å². The van der Waals surface area contributed by atoms with Gasteiger partial charge in [0.15, 0.2) is 0 Å². The minimum absolute atomic E-state index is 0.105. The van der Waals surface area contributed by atoms with E-state index in [1.807, 2.05) is 24.3 Å². The quantitative estimate of drug-likeness (QED) is 0.714. The van der Waals surface area contributed by atoms with E-state index >= 15 is 0 Å². The summed E-state index contributed by atoms with van der Waals surface area (Å²) in [5, 5.41) is 3.59. The van der Waals surface area contributed by atoms with E-state index in [1.165, 1.54) is 4.31 Å². The SMILES string of the molecule is O=C(CN1CCN(c2cccc(Cl)c2)CC1)Nc1ccc(S(=O)(=O)N2CCCC2)cc1. The van der Waals surface area contributed by atoms with E-state index in [0.717, 1.165) is 49.7 Å². The molecule has 2 saturated heterocycles.